The lowest BCUT2D eigenvalue weighted by molar-refractivity contribution is -0.0158. The molecule has 1 aromatic carbocycles. The second kappa shape index (κ2) is 6.73. The van der Waals surface area contributed by atoms with Crippen LogP contribution in [0.25, 0.3) is 6.08 Å². The molecular formula is C25H32N2O2. The molecule has 3 aliphatic rings. The van der Waals surface area contributed by atoms with Gasteiger partial charge in [-0.25, -0.2) is 0 Å². The molecule has 0 spiro atoms. The van der Waals surface area contributed by atoms with E-state index in [9.17, 15) is 5.11 Å². The summed E-state index contributed by atoms with van der Waals surface area (Å²) >= 11 is 0. The molecule has 0 bridgehead atoms. The lowest BCUT2D eigenvalue weighted by Gasteiger charge is -2.49. The van der Waals surface area contributed by atoms with Crippen LogP contribution in [0.3, 0.4) is 0 Å². The normalized spacial score (nSPS) is 34.6. The second-order valence-electron chi connectivity index (χ2n) is 9.66. The summed E-state index contributed by atoms with van der Waals surface area (Å²) in [6.07, 6.45) is 9.42. The van der Waals surface area contributed by atoms with Gasteiger partial charge in [-0.2, -0.15) is 5.10 Å². The average molecular weight is 393 g/mol. The van der Waals surface area contributed by atoms with Crippen molar-refractivity contribution < 1.29 is 9.84 Å². The van der Waals surface area contributed by atoms with Gasteiger partial charge in [0.2, 0.25) is 0 Å². The molecule has 3 aliphatic carbocycles. The molecule has 0 saturated heterocycles. The standard InChI is InChI=1S/C25H32N2O2/c1-15-18(14-26-27(15)3)11-17-13-23-22-7-5-16-12-19(29-4)6-8-20(16)21(22)9-10-25(23,2)24(17)28/h6,8,11-12,14,21-24,28H,5,7,9-10,13H2,1-4H3/b17-11+/t21-,22+,23+,24+,25-/m0/s1. The lowest BCUT2D eigenvalue weighted by Crippen LogP contribution is -2.44. The van der Waals surface area contributed by atoms with Crippen molar-refractivity contribution in [2.24, 2.45) is 24.3 Å². The number of methoxy groups -OCH3 is 1. The summed E-state index contributed by atoms with van der Waals surface area (Å²) in [5.41, 5.74) is 6.49. The zero-order chi connectivity index (χ0) is 20.3. The molecule has 2 saturated carbocycles. The van der Waals surface area contributed by atoms with Crippen molar-refractivity contribution in [3.63, 3.8) is 0 Å². The third kappa shape index (κ3) is 2.79. The van der Waals surface area contributed by atoms with Crippen molar-refractivity contribution >= 4 is 6.08 Å². The van der Waals surface area contributed by atoms with E-state index in [1.54, 1.807) is 7.11 Å². The Hall–Kier alpha value is -2.07. The van der Waals surface area contributed by atoms with E-state index in [0.717, 1.165) is 36.3 Å². The fraction of sp³-hybridized carbons (Fsp3) is 0.560. The third-order valence-electron chi connectivity index (χ3n) is 8.42. The summed E-state index contributed by atoms with van der Waals surface area (Å²) in [5.74, 6) is 2.80. The Labute approximate surface area is 173 Å². The maximum absolute atomic E-state index is 11.3. The largest absolute Gasteiger partial charge is 0.497 e. The van der Waals surface area contributed by atoms with Gasteiger partial charge in [-0.3, -0.25) is 4.68 Å². The molecule has 5 rings (SSSR count). The summed E-state index contributed by atoms with van der Waals surface area (Å²) < 4.78 is 7.36. The van der Waals surface area contributed by atoms with Gasteiger partial charge in [0.25, 0.3) is 0 Å². The molecule has 1 heterocycles. The number of rotatable bonds is 2. The molecule has 0 unspecified atom stereocenters. The first-order valence-corrected chi connectivity index (χ1v) is 11.0. The Morgan fingerprint density at radius 2 is 2.14 bits per heavy atom. The van der Waals surface area contributed by atoms with Crippen LogP contribution in [0.5, 0.6) is 5.75 Å². The Bertz CT molecular complexity index is 975. The highest BCUT2D eigenvalue weighted by Crippen LogP contribution is 2.62. The molecule has 0 amide bonds. The van der Waals surface area contributed by atoms with Gasteiger partial charge in [0.05, 0.1) is 19.4 Å². The quantitative estimate of drug-likeness (QED) is 0.809. The number of fused-ring (bicyclic) bond motifs is 5. The van der Waals surface area contributed by atoms with Gasteiger partial charge in [-0.15, -0.1) is 0 Å². The topological polar surface area (TPSA) is 47.3 Å². The average Bonchev–Trinajstić information content (AvgIpc) is 3.18. The summed E-state index contributed by atoms with van der Waals surface area (Å²) in [4.78, 5) is 0. The van der Waals surface area contributed by atoms with Crippen LogP contribution >= 0.6 is 0 Å². The summed E-state index contributed by atoms with van der Waals surface area (Å²) in [5, 5.41) is 15.7. The molecule has 154 valence electrons. The number of benzene rings is 1. The SMILES string of the molecule is COc1ccc2c(c1)CC[C@H]1[C@H]3C/C(=C\c4cnn(C)c4C)[C@@H](O)[C@@]3(C)CC[C@@H]21. The van der Waals surface area contributed by atoms with Crippen molar-refractivity contribution in [3.8, 4) is 5.75 Å². The molecule has 1 aromatic heterocycles. The Kier molecular flexibility index (Phi) is 4.39. The van der Waals surface area contributed by atoms with Gasteiger partial charge < -0.3 is 9.84 Å². The number of nitrogens with zero attached hydrogens (tertiary/aromatic N) is 2. The predicted molar refractivity (Wildman–Crippen MR) is 115 cm³/mol. The molecule has 2 aromatic rings. The number of hydrogen-bond donors (Lipinski definition) is 1. The van der Waals surface area contributed by atoms with Crippen LogP contribution in [0.2, 0.25) is 0 Å². The molecule has 4 heteroatoms. The van der Waals surface area contributed by atoms with Crippen LogP contribution in [0.1, 0.15) is 60.9 Å². The number of aliphatic hydroxyl groups is 1. The number of ether oxygens (including phenoxy) is 1. The molecule has 2 fully saturated rings. The Balaban J connectivity index is 1.48. The smallest absolute Gasteiger partial charge is 0.119 e. The lowest BCUT2D eigenvalue weighted by atomic mass is 9.55. The zero-order valence-corrected chi connectivity index (χ0v) is 18.0. The van der Waals surface area contributed by atoms with Crippen molar-refractivity contribution in [3.05, 3.63) is 52.4 Å². The van der Waals surface area contributed by atoms with Gasteiger partial charge in [0.1, 0.15) is 5.75 Å². The van der Waals surface area contributed by atoms with Crippen LogP contribution in [0, 0.1) is 24.2 Å². The van der Waals surface area contributed by atoms with Crippen molar-refractivity contribution in [1.82, 2.24) is 9.78 Å². The van der Waals surface area contributed by atoms with E-state index >= 15 is 0 Å². The van der Waals surface area contributed by atoms with Crippen LogP contribution in [-0.4, -0.2) is 28.1 Å². The number of aromatic nitrogens is 2. The van der Waals surface area contributed by atoms with Crippen LogP contribution in [0.4, 0.5) is 0 Å². The fourth-order valence-electron chi connectivity index (χ4n) is 6.54. The van der Waals surface area contributed by atoms with Gasteiger partial charge in [0.15, 0.2) is 0 Å². The van der Waals surface area contributed by atoms with E-state index in [1.807, 2.05) is 17.9 Å². The minimum atomic E-state index is -0.342. The minimum Gasteiger partial charge on any atom is -0.497 e. The molecule has 1 N–H and O–H groups in total. The highest BCUT2D eigenvalue weighted by atomic mass is 16.5. The Morgan fingerprint density at radius 3 is 2.86 bits per heavy atom. The Morgan fingerprint density at radius 1 is 1.31 bits per heavy atom. The number of aryl methyl sites for hydroxylation is 2. The number of hydrogen-bond acceptors (Lipinski definition) is 3. The molecule has 29 heavy (non-hydrogen) atoms. The van der Waals surface area contributed by atoms with Crippen molar-refractivity contribution in [1.29, 1.82) is 0 Å². The van der Waals surface area contributed by atoms with E-state index < -0.39 is 0 Å². The van der Waals surface area contributed by atoms with Gasteiger partial charge in [0, 0.05) is 23.7 Å². The van der Waals surface area contributed by atoms with Crippen LogP contribution < -0.4 is 4.74 Å². The van der Waals surface area contributed by atoms with Crippen molar-refractivity contribution in [2.75, 3.05) is 7.11 Å². The first-order valence-electron chi connectivity index (χ1n) is 11.0. The first kappa shape index (κ1) is 18.9. The van der Waals surface area contributed by atoms with Crippen LogP contribution in [-0.2, 0) is 13.5 Å². The van der Waals surface area contributed by atoms with Gasteiger partial charge >= 0.3 is 0 Å². The molecule has 4 nitrogen and oxygen atoms in total. The minimum absolute atomic E-state index is 0.00686. The zero-order valence-electron chi connectivity index (χ0n) is 18.0. The monoisotopic (exact) mass is 392 g/mol. The second-order valence-corrected chi connectivity index (χ2v) is 9.66. The van der Waals surface area contributed by atoms with E-state index in [1.165, 1.54) is 29.5 Å². The van der Waals surface area contributed by atoms with Gasteiger partial charge in [-0.1, -0.05) is 13.0 Å². The van der Waals surface area contributed by atoms with Crippen molar-refractivity contribution in [2.45, 2.75) is 58.0 Å². The summed E-state index contributed by atoms with van der Waals surface area (Å²) in [7, 11) is 3.72. The van der Waals surface area contributed by atoms with E-state index in [4.69, 9.17) is 4.74 Å². The highest BCUT2D eigenvalue weighted by molar-refractivity contribution is 5.57. The molecule has 0 radical (unpaired) electrons. The van der Waals surface area contributed by atoms with Crippen LogP contribution in [0.15, 0.2) is 30.0 Å². The molecule has 5 atom stereocenters. The maximum Gasteiger partial charge on any atom is 0.119 e. The molecular weight excluding hydrogens is 360 g/mol. The first-order chi connectivity index (χ1) is 13.9. The van der Waals surface area contributed by atoms with E-state index in [2.05, 4.69) is 43.2 Å². The maximum atomic E-state index is 11.3. The fourth-order valence-corrected chi connectivity index (χ4v) is 6.54. The summed E-state index contributed by atoms with van der Waals surface area (Å²) in [6.45, 7) is 4.43. The van der Waals surface area contributed by atoms with E-state index in [0.29, 0.717) is 17.8 Å². The summed E-state index contributed by atoms with van der Waals surface area (Å²) in [6, 6.07) is 6.66. The molecule has 0 aliphatic heterocycles. The predicted octanol–water partition coefficient (Wildman–Crippen LogP) is 4.65. The van der Waals surface area contributed by atoms with Gasteiger partial charge in [-0.05, 0) is 91.7 Å². The van der Waals surface area contributed by atoms with E-state index in [-0.39, 0.29) is 11.5 Å². The number of aliphatic hydroxyl groups excluding tert-OH is 1. The highest BCUT2D eigenvalue weighted by Gasteiger charge is 2.56. The third-order valence-corrected chi connectivity index (χ3v) is 8.42.